The zero-order valence-corrected chi connectivity index (χ0v) is 29.1. The maximum Gasteiger partial charge on any atom is 0.327 e. The van der Waals surface area contributed by atoms with Crippen molar-refractivity contribution in [1.29, 1.82) is 0 Å². The molecular formula is C36H76NO3P. The molecule has 0 aromatic carbocycles. The third kappa shape index (κ3) is 36.4. The number of nitrogens with zero attached hydrogens (tertiary/aromatic N) is 1. The predicted octanol–water partition coefficient (Wildman–Crippen LogP) is 12.3. The highest BCUT2D eigenvalue weighted by Crippen LogP contribution is 2.24. The minimum Gasteiger partial charge on any atom is -0.328 e. The van der Waals surface area contributed by atoms with Gasteiger partial charge in [-0.1, -0.05) is 181 Å². The van der Waals surface area contributed by atoms with Crippen LogP contribution < -0.4 is 0 Å². The van der Waals surface area contributed by atoms with Gasteiger partial charge in [0.25, 0.3) is 0 Å². The molecule has 0 fully saturated rings. The van der Waals surface area contributed by atoms with Gasteiger partial charge in [0, 0.05) is 0 Å². The van der Waals surface area contributed by atoms with Crippen LogP contribution in [0.1, 0.15) is 206 Å². The normalized spacial score (nSPS) is 11.9. The van der Waals surface area contributed by atoms with Crippen LogP contribution in [0.25, 0.3) is 0 Å². The molecule has 0 radical (unpaired) electrons. The second-order valence-corrected chi connectivity index (χ2v) is 13.6. The van der Waals surface area contributed by atoms with E-state index in [2.05, 4.69) is 18.7 Å². The van der Waals surface area contributed by atoms with Crippen LogP contribution in [0.5, 0.6) is 0 Å². The summed E-state index contributed by atoms with van der Waals surface area (Å²) in [5.74, 6) is 0. The van der Waals surface area contributed by atoms with E-state index in [-0.39, 0.29) is 0 Å². The fraction of sp³-hybridized carbons (Fsp3) is 1.00. The molecule has 0 aromatic heterocycles. The molecule has 4 nitrogen and oxygen atoms in total. The third-order valence-electron chi connectivity index (χ3n) is 8.73. The highest BCUT2D eigenvalue weighted by Gasteiger charge is 2.05. The van der Waals surface area contributed by atoms with E-state index in [1.165, 1.54) is 199 Å². The quantitative estimate of drug-likeness (QED) is 0.0554. The van der Waals surface area contributed by atoms with Crippen LogP contribution in [0.3, 0.4) is 0 Å². The Balaban J connectivity index is 3.87. The van der Waals surface area contributed by atoms with Crippen LogP contribution in [-0.2, 0) is 4.52 Å². The van der Waals surface area contributed by atoms with Gasteiger partial charge >= 0.3 is 8.60 Å². The molecule has 2 N–H and O–H groups in total. The standard InChI is InChI=1S/C36H76NO3P/c1-3-5-7-9-11-13-17-21-25-29-33-37(34-30-26-22-18-14-12-10-8-6-4-2)35-31-27-23-19-15-16-20-24-28-32-36-40-41(38)39/h38-39H,3-36H2,1-2H3. The van der Waals surface area contributed by atoms with Crippen LogP contribution in [-0.4, -0.2) is 40.9 Å². The van der Waals surface area contributed by atoms with Gasteiger partial charge in [-0.05, 0) is 45.3 Å². The van der Waals surface area contributed by atoms with E-state index in [1.54, 1.807) is 0 Å². The summed E-state index contributed by atoms with van der Waals surface area (Å²) in [5.41, 5.74) is 0. The molecule has 5 heteroatoms. The Labute approximate surface area is 260 Å². The summed E-state index contributed by atoms with van der Waals surface area (Å²) >= 11 is 0. The smallest absolute Gasteiger partial charge is 0.327 e. The molecule has 0 unspecified atom stereocenters. The molecule has 0 aliphatic rings. The molecular weight excluding hydrogens is 525 g/mol. The Morgan fingerprint density at radius 1 is 0.366 bits per heavy atom. The van der Waals surface area contributed by atoms with Crippen molar-refractivity contribution in [3.05, 3.63) is 0 Å². The van der Waals surface area contributed by atoms with E-state index < -0.39 is 8.60 Å². The Morgan fingerprint density at radius 2 is 0.610 bits per heavy atom. The van der Waals surface area contributed by atoms with Gasteiger partial charge in [0.15, 0.2) is 0 Å². The second-order valence-electron chi connectivity index (χ2n) is 12.8. The molecule has 0 saturated heterocycles. The fourth-order valence-corrected chi connectivity index (χ4v) is 6.27. The summed E-state index contributed by atoms with van der Waals surface area (Å²) in [6, 6.07) is 0. The predicted molar refractivity (Wildman–Crippen MR) is 184 cm³/mol. The Kier molecular flexibility index (Phi) is 36.7. The highest BCUT2D eigenvalue weighted by molar-refractivity contribution is 7.39. The van der Waals surface area contributed by atoms with E-state index in [4.69, 9.17) is 14.3 Å². The first-order valence-corrected chi connectivity index (χ1v) is 19.9. The van der Waals surface area contributed by atoms with Gasteiger partial charge in [-0.25, -0.2) is 0 Å². The fourth-order valence-electron chi connectivity index (χ4n) is 5.98. The maximum atomic E-state index is 8.74. The average molecular weight is 602 g/mol. The summed E-state index contributed by atoms with van der Waals surface area (Å²) in [7, 11) is -2.16. The highest BCUT2D eigenvalue weighted by atomic mass is 31.2. The number of hydrogen-bond acceptors (Lipinski definition) is 4. The van der Waals surface area contributed by atoms with E-state index in [9.17, 15) is 0 Å². The van der Waals surface area contributed by atoms with Crippen molar-refractivity contribution in [1.82, 2.24) is 4.90 Å². The van der Waals surface area contributed by atoms with Crippen molar-refractivity contribution in [2.75, 3.05) is 26.2 Å². The van der Waals surface area contributed by atoms with E-state index in [0.29, 0.717) is 6.61 Å². The maximum absolute atomic E-state index is 8.74. The van der Waals surface area contributed by atoms with Crippen molar-refractivity contribution < 1.29 is 14.3 Å². The minimum absolute atomic E-state index is 0.480. The van der Waals surface area contributed by atoms with Crippen molar-refractivity contribution in [3.63, 3.8) is 0 Å². The Bertz CT molecular complexity index is 442. The van der Waals surface area contributed by atoms with Crippen LogP contribution in [0.2, 0.25) is 0 Å². The molecule has 0 aromatic rings. The second kappa shape index (κ2) is 36.5. The summed E-state index contributed by atoms with van der Waals surface area (Å²) in [6.07, 6.45) is 41.5. The van der Waals surface area contributed by atoms with Gasteiger partial charge in [0.1, 0.15) is 0 Å². The van der Waals surface area contributed by atoms with E-state index in [0.717, 1.165) is 12.8 Å². The number of hydrogen-bond donors (Lipinski definition) is 2. The van der Waals surface area contributed by atoms with Crippen LogP contribution in [0.15, 0.2) is 0 Å². The first-order valence-electron chi connectivity index (χ1n) is 18.7. The van der Waals surface area contributed by atoms with Crippen molar-refractivity contribution in [2.45, 2.75) is 206 Å². The first kappa shape index (κ1) is 41.3. The molecule has 0 spiro atoms. The van der Waals surface area contributed by atoms with Crippen LogP contribution in [0.4, 0.5) is 0 Å². The monoisotopic (exact) mass is 602 g/mol. The lowest BCUT2D eigenvalue weighted by molar-refractivity contribution is 0.248. The summed E-state index contributed by atoms with van der Waals surface area (Å²) in [6.45, 7) is 9.07. The third-order valence-corrected chi connectivity index (χ3v) is 9.14. The summed E-state index contributed by atoms with van der Waals surface area (Å²) in [5, 5.41) is 0. The van der Waals surface area contributed by atoms with Gasteiger partial charge in [0.05, 0.1) is 6.61 Å². The lowest BCUT2D eigenvalue weighted by Gasteiger charge is -2.22. The van der Waals surface area contributed by atoms with Crippen molar-refractivity contribution in [3.8, 4) is 0 Å². The Hall–Kier alpha value is 0.270. The molecule has 0 aliphatic carbocycles. The SMILES string of the molecule is CCCCCCCCCCCCN(CCCCCCCCCCCC)CCCCCCCCCCCCOP(O)O. The molecule has 0 amide bonds. The molecule has 0 atom stereocenters. The van der Waals surface area contributed by atoms with Gasteiger partial charge in [0.2, 0.25) is 0 Å². The van der Waals surface area contributed by atoms with Gasteiger partial charge in [-0.2, -0.15) is 0 Å². The van der Waals surface area contributed by atoms with Crippen LogP contribution in [0, 0.1) is 0 Å². The lowest BCUT2D eigenvalue weighted by Crippen LogP contribution is -2.27. The average Bonchev–Trinajstić information content (AvgIpc) is 2.96. The van der Waals surface area contributed by atoms with Crippen LogP contribution >= 0.6 is 8.60 Å². The van der Waals surface area contributed by atoms with Crippen molar-refractivity contribution >= 4 is 8.60 Å². The summed E-state index contributed by atoms with van der Waals surface area (Å²) in [4.78, 5) is 20.3. The van der Waals surface area contributed by atoms with Crippen molar-refractivity contribution in [2.24, 2.45) is 0 Å². The largest absolute Gasteiger partial charge is 0.328 e. The zero-order valence-electron chi connectivity index (χ0n) is 28.2. The first-order chi connectivity index (χ1) is 20.2. The molecule has 0 rings (SSSR count). The molecule has 0 aliphatic heterocycles. The number of unbranched alkanes of at least 4 members (excludes halogenated alkanes) is 27. The molecule has 0 saturated carbocycles. The number of rotatable bonds is 36. The molecule has 41 heavy (non-hydrogen) atoms. The van der Waals surface area contributed by atoms with Gasteiger partial charge < -0.3 is 19.2 Å². The van der Waals surface area contributed by atoms with Gasteiger partial charge in [-0.15, -0.1) is 0 Å². The van der Waals surface area contributed by atoms with E-state index in [1.807, 2.05) is 0 Å². The molecule has 248 valence electrons. The lowest BCUT2D eigenvalue weighted by atomic mass is 10.1. The topological polar surface area (TPSA) is 52.9 Å². The Morgan fingerprint density at radius 3 is 0.878 bits per heavy atom. The minimum atomic E-state index is -2.16. The zero-order chi connectivity index (χ0) is 29.9. The summed E-state index contributed by atoms with van der Waals surface area (Å²) < 4.78 is 4.82. The van der Waals surface area contributed by atoms with E-state index >= 15 is 0 Å². The molecule has 0 bridgehead atoms. The molecule has 0 heterocycles. The van der Waals surface area contributed by atoms with Gasteiger partial charge in [-0.3, -0.25) is 0 Å².